The van der Waals surface area contributed by atoms with Crippen LogP contribution in [0.4, 0.5) is 5.69 Å². The fraction of sp³-hybridized carbons (Fsp3) is 0.391. The molecule has 0 saturated carbocycles. The number of hydrogen-bond acceptors (Lipinski definition) is 4. The van der Waals surface area contributed by atoms with Gasteiger partial charge in [-0.3, -0.25) is 9.59 Å². The molecule has 2 amide bonds. The van der Waals surface area contributed by atoms with Crippen molar-refractivity contribution in [2.24, 2.45) is 0 Å². The fourth-order valence-electron chi connectivity index (χ4n) is 4.15. The predicted octanol–water partition coefficient (Wildman–Crippen LogP) is 2.32. The molecule has 1 saturated heterocycles. The molecule has 2 aliphatic heterocycles. The topological polar surface area (TPSA) is 53.1 Å². The molecule has 0 spiro atoms. The molecule has 4 rings (SSSR count). The lowest BCUT2D eigenvalue weighted by molar-refractivity contribution is -0.141. The number of para-hydroxylation sites is 2. The highest BCUT2D eigenvalue weighted by molar-refractivity contribution is 5.97. The third-order valence-electron chi connectivity index (χ3n) is 5.84. The number of ether oxygens (including phenoxy) is 1. The van der Waals surface area contributed by atoms with Gasteiger partial charge in [-0.15, -0.1) is 0 Å². The molecule has 29 heavy (non-hydrogen) atoms. The summed E-state index contributed by atoms with van der Waals surface area (Å²) in [4.78, 5) is 31.2. The van der Waals surface area contributed by atoms with E-state index in [9.17, 15) is 9.59 Å². The Hall–Kier alpha value is -3.02. The van der Waals surface area contributed by atoms with Crippen LogP contribution in [0.25, 0.3) is 0 Å². The van der Waals surface area contributed by atoms with Gasteiger partial charge in [-0.25, -0.2) is 0 Å². The van der Waals surface area contributed by atoms with Gasteiger partial charge >= 0.3 is 0 Å². The van der Waals surface area contributed by atoms with Gasteiger partial charge < -0.3 is 19.4 Å². The molecule has 2 heterocycles. The Morgan fingerprint density at radius 3 is 2.24 bits per heavy atom. The van der Waals surface area contributed by atoms with Crippen LogP contribution in [-0.4, -0.2) is 61.4 Å². The highest BCUT2D eigenvalue weighted by Crippen LogP contribution is 2.28. The first-order valence-electron chi connectivity index (χ1n) is 10.2. The van der Waals surface area contributed by atoms with Crippen LogP contribution >= 0.6 is 0 Å². The average molecular weight is 393 g/mol. The van der Waals surface area contributed by atoms with E-state index in [2.05, 4.69) is 17.0 Å². The van der Waals surface area contributed by atoms with E-state index in [0.717, 1.165) is 30.9 Å². The molecular formula is C23H27N3O3. The number of piperazine rings is 1. The summed E-state index contributed by atoms with van der Waals surface area (Å²) in [7, 11) is 1.67. The Morgan fingerprint density at radius 2 is 1.48 bits per heavy atom. The van der Waals surface area contributed by atoms with E-state index in [1.54, 1.807) is 7.11 Å². The molecule has 0 unspecified atom stereocenters. The van der Waals surface area contributed by atoms with Crippen molar-refractivity contribution in [3.63, 3.8) is 0 Å². The SMILES string of the molecule is COc1ccccc1N1CCN(C(=O)CC(=O)N2CCc3ccccc3C2)CC1. The van der Waals surface area contributed by atoms with Crippen molar-refractivity contribution in [2.75, 3.05) is 44.7 Å². The number of fused-ring (bicyclic) bond motifs is 1. The number of benzene rings is 2. The summed E-state index contributed by atoms with van der Waals surface area (Å²) in [6.07, 6.45) is 0.810. The molecule has 152 valence electrons. The zero-order valence-corrected chi connectivity index (χ0v) is 16.8. The van der Waals surface area contributed by atoms with Crippen LogP contribution in [0.5, 0.6) is 5.75 Å². The lowest BCUT2D eigenvalue weighted by Crippen LogP contribution is -2.50. The molecule has 6 heteroatoms. The second-order valence-electron chi connectivity index (χ2n) is 7.55. The molecule has 2 aromatic carbocycles. The minimum absolute atomic E-state index is 0.0448. The Bertz CT molecular complexity index is 890. The summed E-state index contributed by atoms with van der Waals surface area (Å²) in [5.74, 6) is 0.693. The van der Waals surface area contributed by atoms with E-state index in [1.165, 1.54) is 11.1 Å². The summed E-state index contributed by atoms with van der Waals surface area (Å²) < 4.78 is 5.45. The van der Waals surface area contributed by atoms with Crippen LogP contribution in [0, 0.1) is 0 Å². The maximum atomic E-state index is 12.7. The molecule has 0 aliphatic carbocycles. The molecule has 1 fully saturated rings. The van der Waals surface area contributed by atoms with Gasteiger partial charge in [0.2, 0.25) is 11.8 Å². The number of nitrogens with zero attached hydrogens (tertiary/aromatic N) is 3. The Morgan fingerprint density at radius 1 is 0.828 bits per heavy atom. The van der Waals surface area contributed by atoms with Gasteiger partial charge in [-0.1, -0.05) is 36.4 Å². The summed E-state index contributed by atoms with van der Waals surface area (Å²) in [6.45, 7) is 3.99. The first-order valence-corrected chi connectivity index (χ1v) is 10.2. The van der Waals surface area contributed by atoms with Crippen molar-refractivity contribution in [3.8, 4) is 5.75 Å². The van der Waals surface area contributed by atoms with E-state index in [1.807, 2.05) is 46.2 Å². The first-order chi connectivity index (χ1) is 14.2. The van der Waals surface area contributed by atoms with E-state index < -0.39 is 0 Å². The zero-order chi connectivity index (χ0) is 20.2. The minimum atomic E-state index is -0.0754. The van der Waals surface area contributed by atoms with Gasteiger partial charge in [0.25, 0.3) is 0 Å². The Kier molecular flexibility index (Phi) is 5.69. The molecule has 0 radical (unpaired) electrons. The van der Waals surface area contributed by atoms with Gasteiger partial charge in [0, 0.05) is 39.3 Å². The minimum Gasteiger partial charge on any atom is -0.495 e. The number of rotatable bonds is 4. The normalized spacial score (nSPS) is 16.4. The lowest BCUT2D eigenvalue weighted by Gasteiger charge is -2.37. The van der Waals surface area contributed by atoms with Gasteiger partial charge in [-0.2, -0.15) is 0 Å². The van der Waals surface area contributed by atoms with Crippen molar-refractivity contribution < 1.29 is 14.3 Å². The second-order valence-corrected chi connectivity index (χ2v) is 7.55. The summed E-state index contributed by atoms with van der Waals surface area (Å²) in [6, 6.07) is 16.1. The second kappa shape index (κ2) is 8.55. The fourth-order valence-corrected chi connectivity index (χ4v) is 4.15. The summed E-state index contributed by atoms with van der Waals surface area (Å²) in [5.41, 5.74) is 3.53. The number of anilines is 1. The van der Waals surface area contributed by atoms with Crippen molar-refractivity contribution in [1.29, 1.82) is 0 Å². The van der Waals surface area contributed by atoms with Crippen LogP contribution in [0.15, 0.2) is 48.5 Å². The molecule has 0 N–H and O–H groups in total. The molecule has 6 nitrogen and oxygen atoms in total. The van der Waals surface area contributed by atoms with Crippen LogP contribution in [0.2, 0.25) is 0 Å². The Labute approximate surface area is 171 Å². The first kappa shape index (κ1) is 19.3. The maximum absolute atomic E-state index is 12.7. The van der Waals surface area contributed by atoms with Crippen molar-refractivity contribution in [1.82, 2.24) is 9.80 Å². The third kappa shape index (κ3) is 4.21. The molecule has 0 aromatic heterocycles. The molecule has 2 aromatic rings. The quantitative estimate of drug-likeness (QED) is 0.748. The predicted molar refractivity (Wildman–Crippen MR) is 112 cm³/mol. The van der Waals surface area contributed by atoms with Gasteiger partial charge in [-0.05, 0) is 29.7 Å². The number of hydrogen-bond donors (Lipinski definition) is 0. The number of amides is 2. The molecule has 0 atom stereocenters. The monoisotopic (exact) mass is 393 g/mol. The van der Waals surface area contributed by atoms with Crippen molar-refractivity contribution in [2.45, 2.75) is 19.4 Å². The van der Waals surface area contributed by atoms with Gasteiger partial charge in [0.05, 0.1) is 12.8 Å². The number of methoxy groups -OCH3 is 1. The van der Waals surface area contributed by atoms with Gasteiger partial charge in [0.1, 0.15) is 12.2 Å². The van der Waals surface area contributed by atoms with Crippen molar-refractivity contribution >= 4 is 17.5 Å². The highest BCUT2D eigenvalue weighted by atomic mass is 16.5. The maximum Gasteiger partial charge on any atom is 0.232 e. The smallest absolute Gasteiger partial charge is 0.232 e. The number of carbonyl (C=O) groups is 2. The Balaban J connectivity index is 1.30. The third-order valence-corrected chi connectivity index (χ3v) is 5.84. The molecular weight excluding hydrogens is 366 g/mol. The zero-order valence-electron chi connectivity index (χ0n) is 16.8. The van der Waals surface area contributed by atoms with Crippen molar-refractivity contribution in [3.05, 3.63) is 59.7 Å². The van der Waals surface area contributed by atoms with E-state index in [-0.39, 0.29) is 18.2 Å². The lowest BCUT2D eigenvalue weighted by atomic mass is 10.00. The summed E-state index contributed by atoms with van der Waals surface area (Å²) in [5, 5.41) is 0. The average Bonchev–Trinajstić information content (AvgIpc) is 2.78. The summed E-state index contributed by atoms with van der Waals surface area (Å²) >= 11 is 0. The van der Waals surface area contributed by atoms with E-state index in [4.69, 9.17) is 4.74 Å². The van der Waals surface area contributed by atoms with Crippen LogP contribution in [-0.2, 0) is 22.6 Å². The molecule has 0 bridgehead atoms. The van der Waals surface area contributed by atoms with E-state index >= 15 is 0 Å². The standard InChI is InChI=1S/C23H27N3O3/c1-29-21-9-5-4-8-20(21)24-12-14-25(15-13-24)22(27)16-23(28)26-11-10-18-6-2-3-7-19(18)17-26/h2-9H,10-17H2,1H3. The molecule has 2 aliphatic rings. The highest BCUT2D eigenvalue weighted by Gasteiger charge is 2.27. The van der Waals surface area contributed by atoms with Crippen LogP contribution in [0.1, 0.15) is 17.5 Å². The van der Waals surface area contributed by atoms with Crippen LogP contribution < -0.4 is 9.64 Å². The van der Waals surface area contributed by atoms with Gasteiger partial charge in [0.15, 0.2) is 0 Å². The number of carbonyl (C=O) groups excluding carboxylic acids is 2. The van der Waals surface area contributed by atoms with E-state index in [0.29, 0.717) is 26.2 Å². The van der Waals surface area contributed by atoms with Crippen LogP contribution in [0.3, 0.4) is 0 Å². The largest absolute Gasteiger partial charge is 0.495 e.